The third-order valence-electron chi connectivity index (χ3n) is 6.04. The Balaban J connectivity index is 1.96. The Labute approximate surface area is 237 Å². The van der Waals surface area contributed by atoms with E-state index in [9.17, 15) is 24.6 Å². The molecule has 0 radical (unpaired) electrons. The number of pyridine rings is 1. The molecule has 3 rings (SSSR count). The highest BCUT2D eigenvalue weighted by atomic mass is 35.5. The molecule has 214 valence electrons. The minimum absolute atomic E-state index is 0.0347. The van der Waals surface area contributed by atoms with Crippen LogP contribution in [0, 0.1) is 0 Å². The summed E-state index contributed by atoms with van der Waals surface area (Å²) in [6, 6.07) is 10.1. The number of nitrogens with zero attached hydrogens (tertiary/aromatic N) is 1. The summed E-state index contributed by atoms with van der Waals surface area (Å²) in [6.07, 6.45) is 2.23. The van der Waals surface area contributed by atoms with Crippen LogP contribution in [0.15, 0.2) is 53.5 Å². The Kier molecular flexibility index (Phi) is 10.8. The van der Waals surface area contributed by atoms with Crippen molar-refractivity contribution in [2.24, 2.45) is 0 Å². The van der Waals surface area contributed by atoms with Gasteiger partial charge in [-0.15, -0.1) is 0 Å². The quantitative estimate of drug-likeness (QED) is 0.217. The molecule has 0 spiro atoms. The molecule has 0 unspecified atom stereocenters. The van der Waals surface area contributed by atoms with Gasteiger partial charge in [0.05, 0.1) is 32.2 Å². The maximum absolute atomic E-state index is 13.5. The van der Waals surface area contributed by atoms with Crippen molar-refractivity contribution in [2.45, 2.75) is 52.6 Å². The highest BCUT2D eigenvalue weighted by molar-refractivity contribution is 6.31. The summed E-state index contributed by atoms with van der Waals surface area (Å²) < 4.78 is 12.5. The summed E-state index contributed by atoms with van der Waals surface area (Å²) >= 11 is 6.43. The van der Waals surface area contributed by atoms with Crippen molar-refractivity contribution in [3.63, 3.8) is 0 Å². The first kappa shape index (κ1) is 30.4. The van der Waals surface area contributed by atoms with E-state index in [0.29, 0.717) is 59.3 Å². The van der Waals surface area contributed by atoms with Crippen LogP contribution < -0.4 is 25.7 Å². The molecule has 1 aromatic heterocycles. The molecule has 11 heteroatoms. The first-order valence-electron chi connectivity index (χ1n) is 13.1. The van der Waals surface area contributed by atoms with Crippen LogP contribution in [0.1, 0.15) is 56.3 Å². The number of carboxylic acid groups (broad SMARTS) is 1. The van der Waals surface area contributed by atoms with Gasteiger partial charge in [-0.05, 0) is 50.1 Å². The summed E-state index contributed by atoms with van der Waals surface area (Å²) in [5, 5.41) is 25.8. The average molecular weight is 572 g/mol. The van der Waals surface area contributed by atoms with Gasteiger partial charge in [-0.3, -0.25) is 9.59 Å². The third-order valence-corrected chi connectivity index (χ3v) is 6.40. The lowest BCUT2D eigenvalue weighted by atomic mass is 10.0. The van der Waals surface area contributed by atoms with Crippen LogP contribution in [0.2, 0.25) is 5.02 Å². The van der Waals surface area contributed by atoms with Crippen LogP contribution in [0.25, 0.3) is 0 Å². The number of ether oxygens (including phenoxy) is 2. The van der Waals surface area contributed by atoms with E-state index < -0.39 is 30.0 Å². The van der Waals surface area contributed by atoms with Gasteiger partial charge in [-0.25, -0.2) is 4.79 Å². The number of amides is 2. The normalized spacial score (nSPS) is 11.5. The molecule has 2 amide bonds. The molecular weight excluding hydrogens is 538 g/mol. The number of rotatable bonds is 13. The molecule has 40 heavy (non-hydrogen) atoms. The lowest BCUT2D eigenvalue weighted by molar-refractivity contribution is -0.137. The Morgan fingerprint density at radius 1 is 1.07 bits per heavy atom. The zero-order chi connectivity index (χ0) is 29.2. The number of aromatic hydroxyl groups is 1. The predicted octanol–water partition coefficient (Wildman–Crippen LogP) is 5.34. The fourth-order valence-corrected chi connectivity index (χ4v) is 4.50. The smallest absolute Gasteiger partial charge is 0.319 e. The number of aliphatic carboxylic acids is 1. The first-order valence-corrected chi connectivity index (χ1v) is 13.4. The molecule has 0 saturated carbocycles. The van der Waals surface area contributed by atoms with Crippen molar-refractivity contribution in [1.29, 1.82) is 0 Å². The number of urea groups is 1. The number of nitrogens with one attached hydrogen (secondary N) is 2. The van der Waals surface area contributed by atoms with E-state index >= 15 is 0 Å². The van der Waals surface area contributed by atoms with Gasteiger partial charge < -0.3 is 34.9 Å². The molecular formula is C29H34ClN3O7. The molecule has 0 aliphatic carbocycles. The molecule has 10 nitrogen and oxygen atoms in total. The minimum atomic E-state index is -1.13. The SMILES string of the molecule is CCCc1cn(Cc2c(Cl)cccc2OCC)c(=O)c(NC(=O)N[C@@H](CC(=O)O)c2cccc(OCC)c2)c1O. The number of anilines is 1. The van der Waals surface area contributed by atoms with Gasteiger partial charge in [0.15, 0.2) is 5.69 Å². The zero-order valence-corrected chi connectivity index (χ0v) is 23.5. The Morgan fingerprint density at radius 2 is 1.80 bits per heavy atom. The second kappa shape index (κ2) is 14.3. The topological polar surface area (TPSA) is 139 Å². The highest BCUT2D eigenvalue weighted by Gasteiger charge is 2.23. The van der Waals surface area contributed by atoms with Gasteiger partial charge in [-0.2, -0.15) is 0 Å². The lowest BCUT2D eigenvalue weighted by Crippen LogP contribution is -2.36. The largest absolute Gasteiger partial charge is 0.505 e. The lowest BCUT2D eigenvalue weighted by Gasteiger charge is -2.20. The summed E-state index contributed by atoms with van der Waals surface area (Å²) in [7, 11) is 0. The molecule has 4 N–H and O–H groups in total. The summed E-state index contributed by atoms with van der Waals surface area (Å²) in [5.41, 5.74) is 0.543. The number of carbonyl (C=O) groups is 2. The second-order valence-corrected chi connectivity index (χ2v) is 9.37. The summed E-state index contributed by atoms with van der Waals surface area (Å²) in [6.45, 7) is 6.43. The van der Waals surface area contributed by atoms with Crippen LogP contribution in [-0.4, -0.2) is 40.0 Å². The van der Waals surface area contributed by atoms with Crippen molar-refractivity contribution < 1.29 is 29.3 Å². The van der Waals surface area contributed by atoms with E-state index in [1.165, 1.54) is 10.8 Å². The molecule has 0 saturated heterocycles. The van der Waals surface area contributed by atoms with Crippen LogP contribution in [-0.2, 0) is 17.8 Å². The molecule has 1 heterocycles. The maximum atomic E-state index is 13.5. The Hall–Kier alpha value is -4.18. The van der Waals surface area contributed by atoms with Gasteiger partial charge in [0, 0.05) is 22.3 Å². The van der Waals surface area contributed by atoms with Crippen molar-refractivity contribution in [3.05, 3.63) is 80.7 Å². The van der Waals surface area contributed by atoms with Crippen LogP contribution in [0.4, 0.5) is 10.5 Å². The summed E-state index contributed by atoms with van der Waals surface area (Å²) in [5.74, 6) is -0.441. The van der Waals surface area contributed by atoms with Crippen molar-refractivity contribution in [1.82, 2.24) is 9.88 Å². The highest BCUT2D eigenvalue weighted by Crippen LogP contribution is 2.30. The number of halogens is 1. The minimum Gasteiger partial charge on any atom is -0.505 e. The molecule has 0 fully saturated rings. The van der Waals surface area contributed by atoms with Crippen molar-refractivity contribution >= 4 is 29.3 Å². The number of aryl methyl sites for hydroxylation is 1. The van der Waals surface area contributed by atoms with Gasteiger partial charge in [-0.1, -0.05) is 43.1 Å². The third kappa shape index (κ3) is 7.69. The van der Waals surface area contributed by atoms with E-state index in [-0.39, 0.29) is 18.0 Å². The Bertz CT molecular complexity index is 1410. The van der Waals surface area contributed by atoms with Gasteiger partial charge in [0.25, 0.3) is 5.56 Å². The number of carbonyl (C=O) groups excluding carboxylic acids is 1. The standard InChI is InChI=1S/C29H34ClN3O7/c1-4-9-19-16-33(17-21-22(30)12-8-13-24(21)40-6-3)28(37)26(27(19)36)32-29(38)31-23(15-25(34)35)18-10-7-11-20(14-18)39-5-2/h7-8,10-14,16,23,36H,4-6,9,15,17H2,1-3H3,(H,34,35)(H2,31,32,38)/t23-/m0/s1. The fraction of sp³-hybridized carbons (Fsp3) is 0.345. The molecule has 0 aliphatic rings. The molecule has 2 aromatic carbocycles. The maximum Gasteiger partial charge on any atom is 0.319 e. The second-order valence-electron chi connectivity index (χ2n) is 8.96. The van der Waals surface area contributed by atoms with Crippen LogP contribution >= 0.6 is 11.6 Å². The van der Waals surface area contributed by atoms with Crippen molar-refractivity contribution in [3.8, 4) is 17.2 Å². The fourth-order valence-electron chi connectivity index (χ4n) is 4.27. The average Bonchev–Trinajstić information content (AvgIpc) is 2.91. The van der Waals surface area contributed by atoms with Gasteiger partial charge in [0.2, 0.25) is 0 Å². The van der Waals surface area contributed by atoms with E-state index in [1.807, 2.05) is 20.8 Å². The van der Waals surface area contributed by atoms with E-state index in [4.69, 9.17) is 21.1 Å². The van der Waals surface area contributed by atoms with E-state index in [1.54, 1.807) is 42.5 Å². The molecule has 1 atom stereocenters. The van der Waals surface area contributed by atoms with E-state index in [2.05, 4.69) is 10.6 Å². The molecule has 3 aromatic rings. The van der Waals surface area contributed by atoms with E-state index in [0.717, 1.165) is 0 Å². The first-order chi connectivity index (χ1) is 19.2. The van der Waals surface area contributed by atoms with Crippen molar-refractivity contribution in [2.75, 3.05) is 18.5 Å². The monoisotopic (exact) mass is 571 g/mol. The number of hydrogen-bond acceptors (Lipinski definition) is 6. The van der Waals surface area contributed by atoms with Gasteiger partial charge >= 0.3 is 12.0 Å². The number of benzene rings is 2. The number of carboxylic acids is 1. The molecule has 0 bridgehead atoms. The summed E-state index contributed by atoms with van der Waals surface area (Å²) in [4.78, 5) is 38.1. The van der Waals surface area contributed by atoms with Crippen LogP contribution in [0.3, 0.4) is 0 Å². The Morgan fingerprint density at radius 3 is 2.48 bits per heavy atom. The zero-order valence-electron chi connectivity index (χ0n) is 22.7. The predicted molar refractivity (Wildman–Crippen MR) is 153 cm³/mol. The number of aromatic nitrogens is 1. The van der Waals surface area contributed by atoms with Gasteiger partial charge in [0.1, 0.15) is 17.2 Å². The molecule has 0 aliphatic heterocycles. The number of hydrogen-bond donors (Lipinski definition) is 4. The van der Waals surface area contributed by atoms with Crippen LogP contribution in [0.5, 0.6) is 17.2 Å².